The van der Waals surface area contributed by atoms with Gasteiger partial charge in [-0.2, -0.15) is 0 Å². The molecular weight excluding hydrogens is 276 g/mol. The fourth-order valence-corrected chi connectivity index (χ4v) is 3.46. The molecule has 0 aliphatic rings. The minimum absolute atomic E-state index is 0.211. The van der Waals surface area contributed by atoms with Crippen molar-refractivity contribution in [3.05, 3.63) is 51.0 Å². The molecule has 3 heteroatoms. The van der Waals surface area contributed by atoms with Crippen LogP contribution in [0.1, 0.15) is 66.5 Å². The predicted octanol–water partition coefficient (Wildman–Crippen LogP) is 4.97. The number of aryl methyl sites for hydroxylation is 2. The Kier molecular flexibility index (Phi) is 5.54. The summed E-state index contributed by atoms with van der Waals surface area (Å²) in [5, 5.41) is 7.05. The van der Waals surface area contributed by atoms with E-state index < -0.39 is 0 Å². The summed E-state index contributed by atoms with van der Waals surface area (Å²) in [7, 11) is 0. The number of thiazole rings is 1. The third-order valence-electron chi connectivity index (χ3n) is 3.72. The number of hydrogen-bond acceptors (Lipinski definition) is 3. The van der Waals surface area contributed by atoms with Crippen LogP contribution in [0.5, 0.6) is 0 Å². The van der Waals surface area contributed by atoms with Gasteiger partial charge >= 0.3 is 0 Å². The van der Waals surface area contributed by atoms with E-state index in [0.717, 1.165) is 13.0 Å². The van der Waals surface area contributed by atoms with Crippen LogP contribution >= 0.6 is 11.3 Å². The highest BCUT2D eigenvalue weighted by molar-refractivity contribution is 7.09. The van der Waals surface area contributed by atoms with Gasteiger partial charge in [-0.3, -0.25) is 0 Å². The first-order valence-corrected chi connectivity index (χ1v) is 8.66. The molecule has 0 bridgehead atoms. The number of benzene rings is 1. The maximum Gasteiger partial charge on any atom is 0.114 e. The number of rotatable bonds is 6. The Hall–Kier alpha value is -1.19. The molecule has 0 amide bonds. The van der Waals surface area contributed by atoms with Crippen LogP contribution < -0.4 is 5.32 Å². The van der Waals surface area contributed by atoms with Crippen molar-refractivity contribution in [2.75, 3.05) is 6.54 Å². The van der Waals surface area contributed by atoms with Gasteiger partial charge in [0.1, 0.15) is 5.01 Å². The van der Waals surface area contributed by atoms with Crippen molar-refractivity contribution in [3.8, 4) is 0 Å². The van der Waals surface area contributed by atoms with Gasteiger partial charge in [-0.1, -0.05) is 44.5 Å². The van der Waals surface area contributed by atoms with Crippen molar-refractivity contribution in [2.45, 2.75) is 53.0 Å². The molecule has 0 aliphatic carbocycles. The topological polar surface area (TPSA) is 24.9 Å². The van der Waals surface area contributed by atoms with Crippen molar-refractivity contribution in [3.63, 3.8) is 0 Å². The Morgan fingerprint density at radius 1 is 1.24 bits per heavy atom. The zero-order valence-corrected chi connectivity index (χ0v) is 14.6. The fourth-order valence-electron chi connectivity index (χ4n) is 2.39. The highest BCUT2D eigenvalue weighted by Gasteiger charge is 2.19. The van der Waals surface area contributed by atoms with E-state index in [2.05, 4.69) is 63.5 Å². The van der Waals surface area contributed by atoms with Crippen molar-refractivity contribution in [1.82, 2.24) is 10.3 Å². The second-order valence-corrected chi connectivity index (χ2v) is 6.90. The summed E-state index contributed by atoms with van der Waals surface area (Å²) in [6.45, 7) is 12.0. The SMILES string of the molecule is CCCNC(c1nc(C(C)C)cs1)c1cc(C)ccc1C. The zero-order chi connectivity index (χ0) is 15.4. The minimum atomic E-state index is 0.211. The van der Waals surface area contributed by atoms with Crippen LogP contribution in [-0.4, -0.2) is 11.5 Å². The molecule has 0 fully saturated rings. The van der Waals surface area contributed by atoms with Crippen molar-refractivity contribution >= 4 is 11.3 Å². The second-order valence-electron chi connectivity index (χ2n) is 6.01. The summed E-state index contributed by atoms with van der Waals surface area (Å²) in [5.74, 6) is 0.487. The van der Waals surface area contributed by atoms with Crippen LogP contribution in [0, 0.1) is 13.8 Å². The second kappa shape index (κ2) is 7.19. The van der Waals surface area contributed by atoms with Crippen LogP contribution in [0.3, 0.4) is 0 Å². The first-order valence-electron chi connectivity index (χ1n) is 7.78. The molecule has 1 aromatic carbocycles. The van der Waals surface area contributed by atoms with Gasteiger partial charge in [0, 0.05) is 5.38 Å². The lowest BCUT2D eigenvalue weighted by atomic mass is 9.99. The Balaban J connectivity index is 2.39. The van der Waals surface area contributed by atoms with Gasteiger partial charge in [-0.15, -0.1) is 11.3 Å². The maximum absolute atomic E-state index is 4.87. The minimum Gasteiger partial charge on any atom is -0.304 e. The molecule has 1 heterocycles. The molecule has 21 heavy (non-hydrogen) atoms. The molecule has 1 N–H and O–H groups in total. The smallest absolute Gasteiger partial charge is 0.114 e. The molecule has 2 rings (SSSR count). The van der Waals surface area contributed by atoms with E-state index in [1.165, 1.54) is 27.4 Å². The van der Waals surface area contributed by atoms with Crippen LogP contribution in [0.25, 0.3) is 0 Å². The van der Waals surface area contributed by atoms with E-state index in [1.807, 2.05) is 0 Å². The third-order valence-corrected chi connectivity index (χ3v) is 4.65. The molecule has 0 saturated carbocycles. The number of aromatic nitrogens is 1. The summed E-state index contributed by atoms with van der Waals surface area (Å²) in [5.41, 5.74) is 5.19. The zero-order valence-electron chi connectivity index (χ0n) is 13.7. The summed E-state index contributed by atoms with van der Waals surface area (Å²) >= 11 is 1.77. The van der Waals surface area contributed by atoms with E-state index in [-0.39, 0.29) is 6.04 Å². The Morgan fingerprint density at radius 3 is 2.62 bits per heavy atom. The summed E-state index contributed by atoms with van der Waals surface area (Å²) in [6, 6.07) is 6.89. The van der Waals surface area contributed by atoms with Gasteiger partial charge in [0.2, 0.25) is 0 Å². The highest BCUT2D eigenvalue weighted by Crippen LogP contribution is 2.30. The molecule has 0 radical (unpaired) electrons. The molecule has 0 spiro atoms. The lowest BCUT2D eigenvalue weighted by Gasteiger charge is -2.19. The Morgan fingerprint density at radius 2 is 2.00 bits per heavy atom. The molecule has 2 nitrogen and oxygen atoms in total. The quantitative estimate of drug-likeness (QED) is 0.814. The molecule has 114 valence electrons. The summed E-state index contributed by atoms with van der Waals surface area (Å²) in [4.78, 5) is 4.87. The van der Waals surface area contributed by atoms with E-state index in [9.17, 15) is 0 Å². The van der Waals surface area contributed by atoms with E-state index in [4.69, 9.17) is 4.98 Å². The highest BCUT2D eigenvalue weighted by atomic mass is 32.1. The molecule has 2 aromatic rings. The monoisotopic (exact) mass is 302 g/mol. The normalized spacial score (nSPS) is 12.9. The Labute approximate surface area is 132 Å². The van der Waals surface area contributed by atoms with Crippen molar-refractivity contribution < 1.29 is 0 Å². The number of nitrogens with one attached hydrogen (secondary N) is 1. The molecular formula is C18H26N2S. The fraction of sp³-hybridized carbons (Fsp3) is 0.500. The van der Waals surface area contributed by atoms with Crippen molar-refractivity contribution in [2.24, 2.45) is 0 Å². The van der Waals surface area contributed by atoms with Gasteiger partial charge in [-0.25, -0.2) is 4.98 Å². The van der Waals surface area contributed by atoms with Gasteiger partial charge in [0.25, 0.3) is 0 Å². The van der Waals surface area contributed by atoms with Gasteiger partial charge in [0.05, 0.1) is 11.7 Å². The molecule has 0 saturated heterocycles. The first-order chi connectivity index (χ1) is 10.0. The van der Waals surface area contributed by atoms with Gasteiger partial charge < -0.3 is 5.32 Å². The van der Waals surface area contributed by atoms with Gasteiger partial charge in [-0.05, 0) is 43.9 Å². The van der Waals surface area contributed by atoms with Crippen molar-refractivity contribution in [1.29, 1.82) is 0 Å². The maximum atomic E-state index is 4.87. The van der Waals surface area contributed by atoms with Crippen LogP contribution in [-0.2, 0) is 0 Å². The first kappa shape index (κ1) is 16.2. The van der Waals surface area contributed by atoms with Crippen LogP contribution in [0.4, 0.5) is 0 Å². The standard InChI is InChI=1S/C18H26N2S/c1-6-9-19-17(15-10-13(4)7-8-14(15)5)18-20-16(11-21-18)12(2)3/h7-8,10-12,17,19H,6,9H2,1-5H3. The molecule has 1 atom stereocenters. The van der Waals surface area contributed by atoms with E-state index >= 15 is 0 Å². The molecule has 0 aliphatic heterocycles. The van der Waals surface area contributed by atoms with E-state index in [0.29, 0.717) is 5.92 Å². The molecule has 1 aromatic heterocycles. The average Bonchev–Trinajstić information content (AvgIpc) is 2.93. The van der Waals surface area contributed by atoms with Crippen LogP contribution in [0.2, 0.25) is 0 Å². The summed E-state index contributed by atoms with van der Waals surface area (Å²) in [6.07, 6.45) is 1.13. The number of nitrogens with zero attached hydrogens (tertiary/aromatic N) is 1. The van der Waals surface area contributed by atoms with E-state index in [1.54, 1.807) is 11.3 Å². The number of hydrogen-bond donors (Lipinski definition) is 1. The lowest BCUT2D eigenvalue weighted by molar-refractivity contribution is 0.591. The lowest BCUT2D eigenvalue weighted by Crippen LogP contribution is -2.24. The average molecular weight is 302 g/mol. The molecule has 1 unspecified atom stereocenters. The third kappa shape index (κ3) is 3.92. The largest absolute Gasteiger partial charge is 0.304 e. The van der Waals surface area contributed by atoms with Gasteiger partial charge in [0.15, 0.2) is 0 Å². The summed E-state index contributed by atoms with van der Waals surface area (Å²) < 4.78 is 0. The Bertz CT molecular complexity index is 587. The predicted molar refractivity (Wildman–Crippen MR) is 92.3 cm³/mol. The van der Waals surface area contributed by atoms with Crippen LogP contribution in [0.15, 0.2) is 23.6 Å².